The highest BCUT2D eigenvalue weighted by molar-refractivity contribution is 9.10. The van der Waals surface area contributed by atoms with Crippen molar-refractivity contribution in [1.29, 1.82) is 0 Å². The van der Waals surface area contributed by atoms with Crippen LogP contribution in [0.3, 0.4) is 0 Å². The number of hydrogen-bond acceptors (Lipinski definition) is 2. The van der Waals surface area contributed by atoms with E-state index in [1.54, 1.807) is 0 Å². The Morgan fingerprint density at radius 3 is 2.81 bits per heavy atom. The quantitative estimate of drug-likeness (QED) is 0.870. The van der Waals surface area contributed by atoms with E-state index in [0.717, 1.165) is 21.6 Å². The minimum atomic E-state index is 0.562. The molecule has 0 unspecified atom stereocenters. The SMILES string of the molecule is Nc1c(C2CCCC2)nc2c(Br)cccn12. The Kier molecular flexibility index (Phi) is 2.39. The van der Waals surface area contributed by atoms with E-state index in [0.29, 0.717) is 5.92 Å². The van der Waals surface area contributed by atoms with Crippen molar-refractivity contribution < 1.29 is 0 Å². The number of nitrogen functional groups attached to an aromatic ring is 1. The summed E-state index contributed by atoms with van der Waals surface area (Å²) >= 11 is 3.51. The number of hydrogen-bond donors (Lipinski definition) is 1. The third-order valence-electron chi connectivity index (χ3n) is 3.41. The summed E-state index contributed by atoms with van der Waals surface area (Å²) in [5.74, 6) is 1.37. The van der Waals surface area contributed by atoms with Crippen LogP contribution >= 0.6 is 15.9 Å². The van der Waals surface area contributed by atoms with Crippen LogP contribution in [0, 0.1) is 0 Å². The van der Waals surface area contributed by atoms with Crippen molar-refractivity contribution in [3.05, 3.63) is 28.5 Å². The maximum atomic E-state index is 6.17. The first-order valence-corrected chi connectivity index (χ1v) is 6.48. The van der Waals surface area contributed by atoms with E-state index in [4.69, 9.17) is 5.73 Å². The van der Waals surface area contributed by atoms with Gasteiger partial charge in [-0.1, -0.05) is 12.8 Å². The van der Waals surface area contributed by atoms with E-state index in [9.17, 15) is 0 Å². The number of aromatic nitrogens is 2. The molecule has 1 fully saturated rings. The molecule has 16 heavy (non-hydrogen) atoms. The van der Waals surface area contributed by atoms with Crippen molar-refractivity contribution in [2.75, 3.05) is 5.73 Å². The lowest BCUT2D eigenvalue weighted by Gasteiger charge is -2.05. The van der Waals surface area contributed by atoms with Gasteiger partial charge < -0.3 is 5.73 Å². The summed E-state index contributed by atoms with van der Waals surface area (Å²) in [5, 5.41) is 0. The minimum absolute atomic E-state index is 0.562. The zero-order valence-corrected chi connectivity index (χ0v) is 10.6. The average Bonchev–Trinajstić information content (AvgIpc) is 2.88. The van der Waals surface area contributed by atoms with Gasteiger partial charge in [-0.25, -0.2) is 4.98 Å². The van der Waals surface area contributed by atoms with Gasteiger partial charge in [-0.15, -0.1) is 0 Å². The van der Waals surface area contributed by atoms with Crippen molar-refractivity contribution in [2.24, 2.45) is 0 Å². The van der Waals surface area contributed by atoms with Crippen LogP contribution < -0.4 is 5.73 Å². The number of imidazole rings is 1. The fourth-order valence-electron chi connectivity index (χ4n) is 2.57. The number of nitrogens with zero attached hydrogens (tertiary/aromatic N) is 2. The molecule has 84 valence electrons. The Morgan fingerprint density at radius 2 is 2.12 bits per heavy atom. The lowest BCUT2D eigenvalue weighted by atomic mass is 10.0. The molecule has 0 atom stereocenters. The van der Waals surface area contributed by atoms with E-state index in [1.807, 2.05) is 22.7 Å². The van der Waals surface area contributed by atoms with Crippen LogP contribution in [0.25, 0.3) is 5.65 Å². The summed E-state index contributed by atoms with van der Waals surface area (Å²) in [6.45, 7) is 0. The topological polar surface area (TPSA) is 43.3 Å². The van der Waals surface area contributed by atoms with Gasteiger partial charge in [0, 0.05) is 12.1 Å². The summed E-state index contributed by atoms with van der Waals surface area (Å²) in [6.07, 6.45) is 7.04. The van der Waals surface area contributed by atoms with E-state index in [2.05, 4.69) is 20.9 Å². The van der Waals surface area contributed by atoms with Crippen LogP contribution in [0.15, 0.2) is 22.8 Å². The molecule has 0 aliphatic heterocycles. The molecule has 2 aromatic rings. The van der Waals surface area contributed by atoms with Crippen molar-refractivity contribution >= 4 is 27.4 Å². The van der Waals surface area contributed by atoms with Gasteiger partial charge in [0.15, 0.2) is 5.65 Å². The first-order chi connectivity index (χ1) is 7.77. The van der Waals surface area contributed by atoms with Gasteiger partial charge in [-0.05, 0) is 40.9 Å². The molecular weight excluding hydrogens is 266 g/mol. The van der Waals surface area contributed by atoms with E-state index < -0.39 is 0 Å². The monoisotopic (exact) mass is 279 g/mol. The fraction of sp³-hybridized carbons (Fsp3) is 0.417. The summed E-state index contributed by atoms with van der Waals surface area (Å²) < 4.78 is 2.98. The molecule has 0 aromatic carbocycles. The smallest absolute Gasteiger partial charge is 0.153 e. The van der Waals surface area contributed by atoms with Crippen LogP contribution in [0.2, 0.25) is 0 Å². The third kappa shape index (κ3) is 1.44. The van der Waals surface area contributed by atoms with Crippen molar-refractivity contribution in [3.63, 3.8) is 0 Å². The normalized spacial score (nSPS) is 17.3. The van der Waals surface area contributed by atoms with E-state index >= 15 is 0 Å². The van der Waals surface area contributed by atoms with Crippen molar-refractivity contribution in [2.45, 2.75) is 31.6 Å². The van der Waals surface area contributed by atoms with Crippen molar-refractivity contribution in [1.82, 2.24) is 9.38 Å². The molecule has 1 aliphatic rings. The lowest BCUT2D eigenvalue weighted by molar-refractivity contribution is 0.706. The molecule has 0 amide bonds. The zero-order chi connectivity index (χ0) is 11.1. The van der Waals surface area contributed by atoms with Gasteiger partial charge in [-0.3, -0.25) is 4.40 Å². The van der Waals surface area contributed by atoms with Gasteiger partial charge in [0.2, 0.25) is 0 Å². The number of rotatable bonds is 1. The maximum absolute atomic E-state index is 6.17. The number of fused-ring (bicyclic) bond motifs is 1. The second-order valence-electron chi connectivity index (χ2n) is 4.41. The zero-order valence-electron chi connectivity index (χ0n) is 8.99. The molecule has 4 heteroatoms. The molecule has 0 bridgehead atoms. The molecule has 2 N–H and O–H groups in total. The standard InChI is InChI=1S/C12H14BrN3/c13-9-6-3-7-16-11(14)10(15-12(9)16)8-4-1-2-5-8/h3,6-8H,1-2,4-5,14H2. The molecule has 0 radical (unpaired) electrons. The molecule has 3 nitrogen and oxygen atoms in total. The highest BCUT2D eigenvalue weighted by atomic mass is 79.9. The van der Waals surface area contributed by atoms with Crippen molar-refractivity contribution in [3.8, 4) is 0 Å². The summed E-state index contributed by atoms with van der Waals surface area (Å²) in [4.78, 5) is 4.68. The van der Waals surface area contributed by atoms with Gasteiger partial charge in [-0.2, -0.15) is 0 Å². The van der Waals surface area contributed by atoms with Crippen LogP contribution in [0.1, 0.15) is 37.3 Å². The van der Waals surface area contributed by atoms with Crippen LogP contribution in [0.4, 0.5) is 5.82 Å². The second-order valence-corrected chi connectivity index (χ2v) is 5.27. The predicted molar refractivity (Wildman–Crippen MR) is 68.5 cm³/mol. The number of halogens is 1. The fourth-order valence-corrected chi connectivity index (χ4v) is 3.00. The van der Waals surface area contributed by atoms with Gasteiger partial charge in [0.25, 0.3) is 0 Å². The van der Waals surface area contributed by atoms with Crippen LogP contribution in [-0.2, 0) is 0 Å². The average molecular weight is 280 g/mol. The molecule has 2 heterocycles. The highest BCUT2D eigenvalue weighted by Gasteiger charge is 2.23. The Morgan fingerprint density at radius 1 is 1.38 bits per heavy atom. The van der Waals surface area contributed by atoms with E-state index in [1.165, 1.54) is 25.7 Å². The first kappa shape index (κ1) is 10.1. The van der Waals surface area contributed by atoms with Gasteiger partial charge in [0.05, 0.1) is 10.2 Å². The summed E-state index contributed by atoms with van der Waals surface area (Å²) in [6, 6.07) is 3.98. The Bertz CT molecular complexity index is 526. The van der Waals surface area contributed by atoms with Gasteiger partial charge in [0.1, 0.15) is 5.82 Å². The Hall–Kier alpha value is -1.03. The maximum Gasteiger partial charge on any atom is 0.153 e. The molecular formula is C12H14BrN3. The predicted octanol–water partition coefficient (Wildman–Crippen LogP) is 3.34. The van der Waals surface area contributed by atoms with Gasteiger partial charge >= 0.3 is 0 Å². The van der Waals surface area contributed by atoms with Crippen LogP contribution in [0.5, 0.6) is 0 Å². The Balaban J connectivity index is 2.18. The first-order valence-electron chi connectivity index (χ1n) is 5.69. The largest absolute Gasteiger partial charge is 0.383 e. The number of pyridine rings is 1. The van der Waals surface area contributed by atoms with Crippen LogP contribution in [-0.4, -0.2) is 9.38 Å². The van der Waals surface area contributed by atoms with E-state index in [-0.39, 0.29) is 0 Å². The lowest BCUT2D eigenvalue weighted by Crippen LogP contribution is -1.99. The number of anilines is 1. The molecule has 2 aromatic heterocycles. The summed E-state index contributed by atoms with van der Waals surface area (Å²) in [5.41, 5.74) is 8.19. The molecule has 3 rings (SSSR count). The highest BCUT2D eigenvalue weighted by Crippen LogP contribution is 2.37. The molecule has 0 saturated heterocycles. The Labute approximate surface area is 103 Å². The number of nitrogens with two attached hydrogens (primary N) is 1. The molecule has 1 aliphatic carbocycles. The molecule has 1 saturated carbocycles. The second kappa shape index (κ2) is 3.77. The molecule has 0 spiro atoms. The summed E-state index contributed by atoms with van der Waals surface area (Å²) in [7, 11) is 0. The minimum Gasteiger partial charge on any atom is -0.383 e. The third-order valence-corrected chi connectivity index (χ3v) is 4.03.